The Morgan fingerprint density at radius 1 is 1.48 bits per heavy atom. The zero-order valence-electron chi connectivity index (χ0n) is 14.8. The van der Waals surface area contributed by atoms with Gasteiger partial charge in [-0.15, -0.1) is 0 Å². The minimum atomic E-state index is -2.38. The summed E-state index contributed by atoms with van der Waals surface area (Å²) in [7, 11) is -2.14. The number of benzene rings is 1. The quantitative estimate of drug-likeness (QED) is 0.307. The molecule has 2 aromatic rings. The van der Waals surface area contributed by atoms with Crippen molar-refractivity contribution >= 4 is 47.1 Å². The molecular weight excluding hydrogens is 481 g/mol. The van der Waals surface area contributed by atoms with E-state index < -0.39 is 30.2 Å². The normalized spacial score (nSPS) is 14.2. The van der Waals surface area contributed by atoms with Gasteiger partial charge in [0.1, 0.15) is 5.82 Å². The van der Waals surface area contributed by atoms with Crippen molar-refractivity contribution in [1.82, 2.24) is 4.72 Å². The van der Waals surface area contributed by atoms with Gasteiger partial charge in [-0.2, -0.15) is 0 Å². The van der Waals surface area contributed by atoms with Gasteiger partial charge in [-0.25, -0.2) is 9.11 Å². The maximum atomic E-state index is 14.3. The summed E-state index contributed by atoms with van der Waals surface area (Å²) >= 11 is 6.82. The number of halogens is 3. The van der Waals surface area contributed by atoms with Crippen LogP contribution in [-0.4, -0.2) is 28.7 Å². The molecule has 0 aliphatic heterocycles. The lowest BCUT2D eigenvalue weighted by Crippen LogP contribution is -2.29. The molecule has 1 heterocycles. The molecular formula is C16H19BrClFNO5SSi-. The smallest absolute Gasteiger partial charge is 0.242 e. The topological polar surface area (TPSA) is 94.8 Å². The van der Waals surface area contributed by atoms with E-state index in [0.29, 0.717) is 6.42 Å². The summed E-state index contributed by atoms with van der Waals surface area (Å²) in [5.74, 6) is -0.635. The highest BCUT2D eigenvalue weighted by molar-refractivity contribution is 9.09. The standard InChI is InChI=1S/C16H20BrClFNO5SSi/c1-27(2,3)25-16-13(21)14(10-5-4-9(18)8-12(10)19)24-15(16)11(17)6-7-20-26(22)23/h4-5,8,11,20-21H,6-7H2,1-3H3,(H,22,23)/p-1. The van der Waals surface area contributed by atoms with Crippen molar-refractivity contribution in [3.8, 4) is 22.8 Å². The summed E-state index contributed by atoms with van der Waals surface area (Å²) < 4.78 is 49.5. The SMILES string of the molecule is C[Si](C)(C)Oc1c(C(Br)CCNS(=O)[O-])oc(-c2ccc(Cl)cc2F)c1O. The van der Waals surface area contributed by atoms with Crippen molar-refractivity contribution in [2.75, 3.05) is 6.54 Å². The number of nitrogens with one attached hydrogen (secondary N) is 1. The van der Waals surface area contributed by atoms with Crippen LogP contribution in [0.25, 0.3) is 11.3 Å². The predicted octanol–water partition coefficient (Wildman–Crippen LogP) is 4.87. The first-order valence-corrected chi connectivity index (χ1v) is 13.7. The van der Waals surface area contributed by atoms with Crippen LogP contribution in [0.4, 0.5) is 4.39 Å². The molecule has 150 valence electrons. The van der Waals surface area contributed by atoms with Gasteiger partial charge in [0.05, 0.1) is 10.4 Å². The molecule has 0 saturated carbocycles. The van der Waals surface area contributed by atoms with E-state index >= 15 is 0 Å². The average Bonchev–Trinajstić information content (AvgIpc) is 2.82. The van der Waals surface area contributed by atoms with Crippen molar-refractivity contribution < 1.29 is 27.1 Å². The first-order chi connectivity index (χ1) is 12.5. The number of alkyl halides is 1. The molecule has 1 aromatic carbocycles. The van der Waals surface area contributed by atoms with E-state index in [0.717, 1.165) is 6.07 Å². The van der Waals surface area contributed by atoms with Crippen molar-refractivity contribution in [3.05, 3.63) is 34.8 Å². The van der Waals surface area contributed by atoms with Crippen molar-refractivity contribution in [1.29, 1.82) is 0 Å². The van der Waals surface area contributed by atoms with Crippen LogP contribution in [0.2, 0.25) is 24.7 Å². The maximum Gasteiger partial charge on any atom is 0.242 e. The fourth-order valence-corrected chi connectivity index (χ4v) is 4.07. The third-order valence-electron chi connectivity index (χ3n) is 3.35. The molecule has 0 spiro atoms. The largest absolute Gasteiger partial charge is 0.760 e. The highest BCUT2D eigenvalue weighted by Crippen LogP contribution is 2.49. The number of hydrogen-bond acceptors (Lipinski definition) is 5. The average molecular weight is 500 g/mol. The van der Waals surface area contributed by atoms with E-state index in [1.165, 1.54) is 12.1 Å². The van der Waals surface area contributed by atoms with Crippen LogP contribution in [0.3, 0.4) is 0 Å². The van der Waals surface area contributed by atoms with Crippen molar-refractivity contribution in [2.45, 2.75) is 30.9 Å². The Bertz CT molecular complexity index is 845. The second-order valence-electron chi connectivity index (χ2n) is 6.70. The Morgan fingerprint density at radius 2 is 2.15 bits per heavy atom. The minimum absolute atomic E-state index is 0.0436. The minimum Gasteiger partial charge on any atom is -0.760 e. The van der Waals surface area contributed by atoms with E-state index in [1.54, 1.807) is 0 Å². The summed E-state index contributed by atoms with van der Waals surface area (Å²) in [4.78, 5) is -0.463. The van der Waals surface area contributed by atoms with Gasteiger partial charge in [-0.1, -0.05) is 27.5 Å². The van der Waals surface area contributed by atoms with Gasteiger partial charge >= 0.3 is 0 Å². The molecule has 0 aliphatic rings. The predicted molar refractivity (Wildman–Crippen MR) is 108 cm³/mol. The van der Waals surface area contributed by atoms with Crippen LogP contribution >= 0.6 is 27.5 Å². The maximum absolute atomic E-state index is 14.3. The van der Waals surface area contributed by atoms with Crippen molar-refractivity contribution in [2.24, 2.45) is 0 Å². The van der Waals surface area contributed by atoms with Gasteiger partial charge in [0.2, 0.25) is 14.1 Å². The molecule has 0 aliphatic carbocycles. The number of hydrogen-bond donors (Lipinski definition) is 2. The third kappa shape index (κ3) is 6.03. The number of aromatic hydroxyl groups is 1. The Morgan fingerprint density at radius 3 is 2.70 bits per heavy atom. The summed E-state index contributed by atoms with van der Waals surface area (Å²) in [6.45, 7) is 5.93. The van der Waals surface area contributed by atoms with Crippen LogP contribution in [0.5, 0.6) is 11.5 Å². The van der Waals surface area contributed by atoms with Gasteiger partial charge in [0, 0.05) is 22.8 Å². The van der Waals surface area contributed by atoms with Crippen LogP contribution in [-0.2, 0) is 11.3 Å². The number of furan rings is 1. The molecule has 2 unspecified atom stereocenters. The Balaban J connectivity index is 2.46. The molecule has 0 amide bonds. The third-order valence-corrected chi connectivity index (χ3v) is 5.72. The van der Waals surface area contributed by atoms with E-state index in [-0.39, 0.29) is 40.2 Å². The van der Waals surface area contributed by atoms with Gasteiger partial charge in [-0.05, 0) is 44.3 Å². The Labute approximate surface area is 173 Å². The first-order valence-electron chi connectivity index (χ1n) is 7.96. The molecule has 0 bridgehead atoms. The second-order valence-corrected chi connectivity index (χ2v) is 13.4. The van der Waals surface area contributed by atoms with E-state index in [9.17, 15) is 18.3 Å². The van der Waals surface area contributed by atoms with Gasteiger partial charge in [-0.3, -0.25) is 4.21 Å². The molecule has 2 N–H and O–H groups in total. The summed E-state index contributed by atoms with van der Waals surface area (Å²) in [5.41, 5.74) is 0.0436. The number of rotatable bonds is 8. The molecule has 11 heteroatoms. The monoisotopic (exact) mass is 498 g/mol. The van der Waals surface area contributed by atoms with Crippen molar-refractivity contribution in [3.63, 3.8) is 0 Å². The van der Waals surface area contributed by atoms with Crippen LogP contribution in [0.15, 0.2) is 22.6 Å². The molecule has 27 heavy (non-hydrogen) atoms. The zero-order chi connectivity index (χ0) is 20.4. The lowest BCUT2D eigenvalue weighted by atomic mass is 10.1. The van der Waals surface area contributed by atoms with Crippen LogP contribution in [0.1, 0.15) is 17.0 Å². The lowest BCUT2D eigenvalue weighted by molar-refractivity contribution is 0.438. The van der Waals surface area contributed by atoms with E-state index in [4.69, 9.17) is 20.4 Å². The summed E-state index contributed by atoms with van der Waals surface area (Å²) in [6.07, 6.45) is 0.325. The molecule has 2 atom stereocenters. The molecule has 6 nitrogen and oxygen atoms in total. The molecule has 2 rings (SSSR count). The molecule has 0 saturated heterocycles. The highest BCUT2D eigenvalue weighted by Gasteiger charge is 2.31. The molecule has 1 aromatic heterocycles. The lowest BCUT2D eigenvalue weighted by Gasteiger charge is -2.20. The van der Waals surface area contributed by atoms with Gasteiger partial charge in [0.25, 0.3) is 0 Å². The van der Waals surface area contributed by atoms with Crippen LogP contribution in [0, 0.1) is 5.82 Å². The highest BCUT2D eigenvalue weighted by atomic mass is 79.9. The van der Waals surface area contributed by atoms with E-state index in [2.05, 4.69) is 20.7 Å². The second kappa shape index (κ2) is 9.06. The molecule has 0 radical (unpaired) electrons. The first kappa shape index (κ1) is 22.4. The zero-order valence-corrected chi connectivity index (χ0v) is 19.0. The summed E-state index contributed by atoms with van der Waals surface area (Å²) in [6, 6.07) is 4.01. The Hall–Kier alpha value is -0.913. The van der Waals surface area contributed by atoms with Crippen LogP contribution < -0.4 is 9.15 Å². The molecule has 0 fully saturated rings. The Kier molecular flexibility index (Phi) is 7.51. The summed E-state index contributed by atoms with van der Waals surface area (Å²) in [5, 5.41) is 10.9. The van der Waals surface area contributed by atoms with E-state index in [1.807, 2.05) is 19.6 Å². The van der Waals surface area contributed by atoms with Gasteiger partial charge in [0.15, 0.2) is 17.3 Å². The fourth-order valence-electron chi connectivity index (χ4n) is 2.29. The van der Waals surface area contributed by atoms with Gasteiger partial charge < -0.3 is 18.5 Å². The fraction of sp³-hybridized carbons (Fsp3) is 0.375.